The molecule has 0 spiro atoms. The van der Waals surface area contributed by atoms with Gasteiger partial charge in [0.05, 0.1) is 0 Å². The largest absolute Gasteiger partial charge is 0.352 e. The molecular formula is C18H19NO. The highest BCUT2D eigenvalue weighted by Gasteiger charge is 1.95. The summed E-state index contributed by atoms with van der Waals surface area (Å²) >= 11 is 0. The normalized spacial score (nSPS) is 9.25. The van der Waals surface area contributed by atoms with Gasteiger partial charge in [-0.05, 0) is 43.2 Å². The molecule has 20 heavy (non-hydrogen) atoms. The fourth-order valence-electron chi connectivity index (χ4n) is 1.55. The summed E-state index contributed by atoms with van der Waals surface area (Å²) in [7, 11) is 0. The number of nitrogens with one attached hydrogen (secondary N) is 1. The van der Waals surface area contributed by atoms with Crippen LogP contribution in [0.1, 0.15) is 25.3 Å². The third-order valence-electron chi connectivity index (χ3n) is 2.54. The Morgan fingerprint density at radius 3 is 2.80 bits per heavy atom. The number of benzene rings is 1. The van der Waals surface area contributed by atoms with Gasteiger partial charge in [-0.3, -0.25) is 4.79 Å². The standard InChI is InChI=1S/C18H19NO/c1-2-3-4-5-6-7-11-14-18(20)19-16-15-17-12-9-8-10-13-17/h8-14H,6-7,15-16H2,1H3,(H,19,20)/b14-11+. The summed E-state index contributed by atoms with van der Waals surface area (Å²) in [6.07, 6.45) is 5.75. The number of amides is 1. The molecule has 0 aliphatic rings. The molecule has 102 valence electrons. The molecule has 0 aliphatic heterocycles. The molecule has 0 saturated carbocycles. The van der Waals surface area contributed by atoms with Crippen molar-refractivity contribution < 1.29 is 4.79 Å². The lowest BCUT2D eigenvalue weighted by Crippen LogP contribution is -2.23. The monoisotopic (exact) mass is 265 g/mol. The lowest BCUT2D eigenvalue weighted by molar-refractivity contribution is -0.116. The van der Waals surface area contributed by atoms with Crippen molar-refractivity contribution in [3.8, 4) is 23.7 Å². The topological polar surface area (TPSA) is 29.1 Å². The Morgan fingerprint density at radius 1 is 1.25 bits per heavy atom. The first-order valence-electron chi connectivity index (χ1n) is 6.71. The molecule has 0 heterocycles. The zero-order valence-corrected chi connectivity index (χ0v) is 11.8. The third-order valence-corrected chi connectivity index (χ3v) is 2.54. The van der Waals surface area contributed by atoms with Crippen LogP contribution in [0.2, 0.25) is 0 Å². The van der Waals surface area contributed by atoms with E-state index >= 15 is 0 Å². The van der Waals surface area contributed by atoms with Crippen LogP contribution in [0.4, 0.5) is 0 Å². The number of carbonyl (C=O) groups is 1. The van der Waals surface area contributed by atoms with Gasteiger partial charge in [-0.2, -0.15) is 0 Å². The summed E-state index contributed by atoms with van der Waals surface area (Å²) in [6.45, 7) is 2.41. The third kappa shape index (κ3) is 7.80. The minimum absolute atomic E-state index is 0.0535. The van der Waals surface area contributed by atoms with Crippen molar-refractivity contribution in [3.05, 3.63) is 48.0 Å². The predicted octanol–water partition coefficient (Wildman–Crippen LogP) is 2.71. The molecule has 2 heteroatoms. The van der Waals surface area contributed by atoms with Crippen LogP contribution >= 0.6 is 0 Å². The van der Waals surface area contributed by atoms with Crippen LogP contribution in [0.15, 0.2) is 42.5 Å². The first kappa shape index (κ1) is 15.6. The molecular weight excluding hydrogens is 246 g/mol. The van der Waals surface area contributed by atoms with Crippen molar-refractivity contribution in [2.75, 3.05) is 6.54 Å². The highest BCUT2D eigenvalue weighted by Crippen LogP contribution is 1.98. The number of unbranched alkanes of at least 4 members (excludes halogenated alkanes) is 1. The molecule has 0 fully saturated rings. The van der Waals surface area contributed by atoms with Crippen molar-refractivity contribution in [2.45, 2.75) is 26.2 Å². The van der Waals surface area contributed by atoms with Crippen molar-refractivity contribution in [1.29, 1.82) is 0 Å². The zero-order valence-electron chi connectivity index (χ0n) is 11.8. The fourth-order valence-corrected chi connectivity index (χ4v) is 1.55. The molecule has 0 saturated heterocycles. The summed E-state index contributed by atoms with van der Waals surface area (Å²) in [5.74, 6) is 11.0. The van der Waals surface area contributed by atoms with E-state index in [1.807, 2.05) is 24.3 Å². The van der Waals surface area contributed by atoms with Gasteiger partial charge in [0.25, 0.3) is 0 Å². The van der Waals surface area contributed by atoms with E-state index in [4.69, 9.17) is 0 Å². The Kier molecular flexibility index (Phi) is 8.17. The minimum atomic E-state index is -0.0535. The smallest absolute Gasteiger partial charge is 0.243 e. The molecule has 1 rings (SSSR count). The lowest BCUT2D eigenvalue weighted by Gasteiger charge is -2.02. The summed E-state index contributed by atoms with van der Waals surface area (Å²) in [5.41, 5.74) is 1.23. The van der Waals surface area contributed by atoms with E-state index < -0.39 is 0 Å². The molecule has 1 amide bonds. The molecule has 1 aromatic carbocycles. The maximum absolute atomic E-state index is 11.5. The lowest BCUT2D eigenvalue weighted by atomic mass is 10.1. The number of hydrogen-bond acceptors (Lipinski definition) is 1. The van der Waals surface area contributed by atoms with Gasteiger partial charge in [0, 0.05) is 13.0 Å². The predicted molar refractivity (Wildman–Crippen MR) is 82.8 cm³/mol. The van der Waals surface area contributed by atoms with E-state index in [2.05, 4.69) is 41.1 Å². The van der Waals surface area contributed by atoms with E-state index in [-0.39, 0.29) is 5.91 Å². The zero-order chi connectivity index (χ0) is 14.5. The van der Waals surface area contributed by atoms with Crippen LogP contribution in [-0.4, -0.2) is 12.5 Å². The van der Waals surface area contributed by atoms with Gasteiger partial charge >= 0.3 is 0 Å². The van der Waals surface area contributed by atoms with Gasteiger partial charge in [0.2, 0.25) is 5.91 Å². The highest BCUT2D eigenvalue weighted by atomic mass is 16.1. The van der Waals surface area contributed by atoms with Crippen LogP contribution in [0.25, 0.3) is 0 Å². The van der Waals surface area contributed by atoms with Crippen molar-refractivity contribution >= 4 is 5.91 Å². The quantitative estimate of drug-likeness (QED) is 0.478. The van der Waals surface area contributed by atoms with Crippen LogP contribution in [-0.2, 0) is 11.2 Å². The average molecular weight is 265 g/mol. The first-order valence-corrected chi connectivity index (χ1v) is 6.71. The second kappa shape index (κ2) is 10.5. The van der Waals surface area contributed by atoms with E-state index in [0.29, 0.717) is 6.54 Å². The molecule has 0 aromatic heterocycles. The van der Waals surface area contributed by atoms with Crippen LogP contribution < -0.4 is 5.32 Å². The fraction of sp³-hybridized carbons (Fsp3) is 0.278. The van der Waals surface area contributed by atoms with Crippen LogP contribution in [0.3, 0.4) is 0 Å². The number of carbonyl (C=O) groups excluding carboxylic acids is 1. The summed E-state index contributed by atoms with van der Waals surface area (Å²) in [5, 5.41) is 2.86. The van der Waals surface area contributed by atoms with Gasteiger partial charge in [0.15, 0.2) is 0 Å². The van der Waals surface area contributed by atoms with E-state index in [0.717, 1.165) is 19.3 Å². The molecule has 0 unspecified atom stereocenters. The number of hydrogen-bond donors (Lipinski definition) is 1. The van der Waals surface area contributed by atoms with E-state index in [1.54, 1.807) is 13.0 Å². The van der Waals surface area contributed by atoms with Crippen LogP contribution in [0, 0.1) is 23.7 Å². The maximum atomic E-state index is 11.5. The van der Waals surface area contributed by atoms with Crippen LogP contribution in [0.5, 0.6) is 0 Å². The van der Waals surface area contributed by atoms with Gasteiger partial charge in [-0.25, -0.2) is 0 Å². The second-order valence-electron chi connectivity index (χ2n) is 4.14. The summed E-state index contributed by atoms with van der Waals surface area (Å²) in [6, 6.07) is 10.1. The average Bonchev–Trinajstić information content (AvgIpc) is 2.47. The van der Waals surface area contributed by atoms with Crippen molar-refractivity contribution in [3.63, 3.8) is 0 Å². The van der Waals surface area contributed by atoms with Gasteiger partial charge in [-0.15, -0.1) is 0 Å². The molecule has 2 nitrogen and oxygen atoms in total. The Bertz CT molecular complexity index is 550. The minimum Gasteiger partial charge on any atom is -0.352 e. The number of allylic oxidation sites excluding steroid dienone is 1. The Balaban J connectivity index is 2.14. The van der Waals surface area contributed by atoms with Gasteiger partial charge in [0.1, 0.15) is 0 Å². The summed E-state index contributed by atoms with van der Waals surface area (Å²) in [4.78, 5) is 11.5. The molecule has 0 radical (unpaired) electrons. The molecule has 0 aliphatic carbocycles. The highest BCUT2D eigenvalue weighted by molar-refractivity contribution is 5.87. The Hall–Kier alpha value is -2.45. The van der Waals surface area contributed by atoms with Crippen molar-refractivity contribution in [2.24, 2.45) is 0 Å². The molecule has 0 bridgehead atoms. The first-order chi connectivity index (χ1) is 9.83. The summed E-state index contributed by atoms with van der Waals surface area (Å²) < 4.78 is 0. The number of rotatable bonds is 6. The molecule has 1 aromatic rings. The Labute approximate surface area is 121 Å². The maximum Gasteiger partial charge on any atom is 0.243 e. The molecule has 0 atom stereocenters. The Morgan fingerprint density at radius 2 is 2.05 bits per heavy atom. The van der Waals surface area contributed by atoms with Crippen molar-refractivity contribution in [1.82, 2.24) is 5.32 Å². The SMILES string of the molecule is CC#CC#CCC/C=C/C(=O)NCCc1ccccc1. The van der Waals surface area contributed by atoms with E-state index in [1.165, 1.54) is 5.56 Å². The second-order valence-corrected chi connectivity index (χ2v) is 4.14. The molecule has 1 N–H and O–H groups in total. The van der Waals surface area contributed by atoms with Gasteiger partial charge in [-0.1, -0.05) is 48.2 Å². The van der Waals surface area contributed by atoms with E-state index in [9.17, 15) is 4.79 Å². The van der Waals surface area contributed by atoms with Gasteiger partial charge < -0.3 is 5.32 Å².